The minimum atomic E-state index is -0.313. The Kier molecular flexibility index (Phi) is 11.8. The summed E-state index contributed by atoms with van der Waals surface area (Å²) in [6.45, 7) is 8.55. The second kappa shape index (κ2) is 15.0. The lowest BCUT2D eigenvalue weighted by atomic mass is 10.1. The number of azo groups is 1. The first-order chi connectivity index (χ1) is 15.6. The van der Waals surface area contributed by atoms with Crippen molar-refractivity contribution in [3.05, 3.63) is 66.2 Å². The van der Waals surface area contributed by atoms with E-state index in [1.54, 1.807) is 6.92 Å². The predicted molar refractivity (Wildman–Crippen MR) is 130 cm³/mol. The van der Waals surface area contributed by atoms with E-state index in [2.05, 4.69) is 35.9 Å². The molecule has 0 bridgehead atoms. The standard InChI is InChI=1S/C27H36N2O3/c1-4-5-8-11-23-12-14-24(15-13-23)28-29-25-16-18-26(19-17-25)31-20-9-6-7-10-21-32-27(30)22(2)3/h12-19H,2,4-11,20-21H2,1,3H3. The lowest BCUT2D eigenvalue weighted by Crippen LogP contribution is -2.06. The Bertz CT molecular complexity index is 842. The number of hydrogen-bond donors (Lipinski definition) is 0. The van der Waals surface area contributed by atoms with Gasteiger partial charge in [-0.1, -0.05) is 38.5 Å². The van der Waals surface area contributed by atoms with Gasteiger partial charge in [0.05, 0.1) is 24.6 Å². The molecule has 5 heteroatoms. The average molecular weight is 437 g/mol. The number of esters is 1. The topological polar surface area (TPSA) is 60.2 Å². The van der Waals surface area contributed by atoms with Gasteiger partial charge < -0.3 is 9.47 Å². The maximum Gasteiger partial charge on any atom is 0.333 e. The Morgan fingerprint density at radius 3 is 2.00 bits per heavy atom. The first-order valence-corrected chi connectivity index (χ1v) is 11.6. The first-order valence-electron chi connectivity index (χ1n) is 11.6. The Morgan fingerprint density at radius 2 is 1.41 bits per heavy atom. The molecule has 0 saturated heterocycles. The number of unbranched alkanes of at least 4 members (excludes halogenated alkanes) is 5. The zero-order valence-corrected chi connectivity index (χ0v) is 19.5. The van der Waals surface area contributed by atoms with Crippen LogP contribution in [0.4, 0.5) is 11.4 Å². The van der Waals surface area contributed by atoms with Gasteiger partial charge in [-0.25, -0.2) is 4.79 Å². The van der Waals surface area contributed by atoms with E-state index in [0.29, 0.717) is 18.8 Å². The van der Waals surface area contributed by atoms with Gasteiger partial charge in [0.15, 0.2) is 0 Å². The molecule has 0 spiro atoms. The minimum absolute atomic E-state index is 0.313. The van der Waals surface area contributed by atoms with Crippen molar-refractivity contribution in [2.45, 2.75) is 65.2 Å². The number of rotatable bonds is 15. The fourth-order valence-electron chi connectivity index (χ4n) is 3.07. The molecule has 0 aromatic heterocycles. The molecule has 0 atom stereocenters. The Labute approximate surface area is 192 Å². The number of hydrogen-bond acceptors (Lipinski definition) is 5. The highest BCUT2D eigenvalue weighted by molar-refractivity contribution is 5.86. The highest BCUT2D eigenvalue weighted by Gasteiger charge is 2.02. The van der Waals surface area contributed by atoms with E-state index in [1.165, 1.54) is 24.8 Å². The average Bonchev–Trinajstić information content (AvgIpc) is 2.81. The summed E-state index contributed by atoms with van der Waals surface area (Å²) in [5.74, 6) is 0.516. The molecule has 0 N–H and O–H groups in total. The van der Waals surface area contributed by atoms with Crippen molar-refractivity contribution in [2.24, 2.45) is 10.2 Å². The normalized spacial score (nSPS) is 10.9. The third-order valence-corrected chi connectivity index (χ3v) is 5.01. The highest BCUT2D eigenvalue weighted by Crippen LogP contribution is 2.22. The Balaban J connectivity index is 1.62. The second-order valence-corrected chi connectivity index (χ2v) is 8.00. The van der Waals surface area contributed by atoms with Gasteiger partial charge in [0.1, 0.15) is 5.75 Å². The molecule has 0 aliphatic rings. The molecule has 0 unspecified atom stereocenters. The van der Waals surface area contributed by atoms with E-state index in [9.17, 15) is 4.79 Å². The molecule has 2 aromatic rings. The van der Waals surface area contributed by atoms with Crippen LogP contribution in [-0.4, -0.2) is 19.2 Å². The van der Waals surface area contributed by atoms with Gasteiger partial charge in [0, 0.05) is 5.57 Å². The number of aryl methyl sites for hydroxylation is 1. The van der Waals surface area contributed by atoms with Gasteiger partial charge in [-0.3, -0.25) is 0 Å². The van der Waals surface area contributed by atoms with Crippen molar-refractivity contribution in [3.63, 3.8) is 0 Å². The molecule has 0 radical (unpaired) electrons. The molecule has 0 aliphatic heterocycles. The van der Waals surface area contributed by atoms with Crippen LogP contribution in [0.2, 0.25) is 0 Å². The van der Waals surface area contributed by atoms with Gasteiger partial charge in [0.2, 0.25) is 0 Å². The summed E-state index contributed by atoms with van der Waals surface area (Å²) >= 11 is 0. The van der Waals surface area contributed by atoms with Crippen LogP contribution in [0.25, 0.3) is 0 Å². The second-order valence-electron chi connectivity index (χ2n) is 8.00. The zero-order chi connectivity index (χ0) is 23.0. The van der Waals surface area contributed by atoms with Crippen molar-refractivity contribution in [1.29, 1.82) is 0 Å². The van der Waals surface area contributed by atoms with E-state index in [1.807, 2.05) is 36.4 Å². The lowest BCUT2D eigenvalue weighted by molar-refractivity contribution is -0.139. The first kappa shape index (κ1) is 25.3. The number of carbonyl (C=O) groups excluding carboxylic acids is 1. The van der Waals surface area contributed by atoms with Crippen LogP contribution in [0.3, 0.4) is 0 Å². The maximum absolute atomic E-state index is 11.3. The number of ether oxygens (including phenoxy) is 2. The maximum atomic E-state index is 11.3. The van der Waals surface area contributed by atoms with Crippen molar-refractivity contribution in [1.82, 2.24) is 0 Å². The largest absolute Gasteiger partial charge is 0.494 e. The summed E-state index contributed by atoms with van der Waals surface area (Å²) in [5.41, 5.74) is 3.45. The summed E-state index contributed by atoms with van der Waals surface area (Å²) in [6.07, 6.45) is 8.74. The third kappa shape index (κ3) is 10.4. The van der Waals surface area contributed by atoms with Crippen molar-refractivity contribution >= 4 is 17.3 Å². The van der Waals surface area contributed by atoms with Gasteiger partial charge in [-0.2, -0.15) is 10.2 Å². The van der Waals surface area contributed by atoms with Crippen LogP contribution in [0, 0.1) is 0 Å². The van der Waals surface area contributed by atoms with Crippen LogP contribution < -0.4 is 4.74 Å². The van der Waals surface area contributed by atoms with Crippen LogP contribution in [0.1, 0.15) is 64.4 Å². The summed E-state index contributed by atoms with van der Waals surface area (Å²) in [5, 5.41) is 8.64. The van der Waals surface area contributed by atoms with E-state index >= 15 is 0 Å². The van der Waals surface area contributed by atoms with Crippen LogP contribution >= 0.6 is 0 Å². The van der Waals surface area contributed by atoms with Crippen molar-refractivity contribution in [2.75, 3.05) is 13.2 Å². The van der Waals surface area contributed by atoms with Crippen molar-refractivity contribution in [3.8, 4) is 5.75 Å². The van der Waals surface area contributed by atoms with E-state index < -0.39 is 0 Å². The molecule has 32 heavy (non-hydrogen) atoms. The number of nitrogens with zero attached hydrogens (tertiary/aromatic N) is 2. The molecule has 172 valence electrons. The zero-order valence-electron chi connectivity index (χ0n) is 19.5. The molecule has 0 fully saturated rings. The summed E-state index contributed by atoms with van der Waals surface area (Å²) in [4.78, 5) is 11.3. The van der Waals surface area contributed by atoms with Gasteiger partial charge in [-0.05, 0) is 87.4 Å². The predicted octanol–water partition coefficient (Wildman–Crippen LogP) is 7.89. The minimum Gasteiger partial charge on any atom is -0.494 e. The molecule has 2 aromatic carbocycles. The number of benzene rings is 2. The summed E-state index contributed by atoms with van der Waals surface area (Å²) in [6, 6.07) is 16.0. The van der Waals surface area contributed by atoms with E-state index in [-0.39, 0.29) is 5.97 Å². The molecule has 0 saturated carbocycles. The lowest BCUT2D eigenvalue weighted by Gasteiger charge is -2.07. The fourth-order valence-corrected chi connectivity index (χ4v) is 3.07. The van der Waals surface area contributed by atoms with Gasteiger partial charge in [-0.15, -0.1) is 0 Å². The molecule has 0 amide bonds. The van der Waals surface area contributed by atoms with E-state index in [4.69, 9.17) is 9.47 Å². The van der Waals surface area contributed by atoms with Gasteiger partial charge >= 0.3 is 5.97 Å². The number of carbonyl (C=O) groups is 1. The highest BCUT2D eigenvalue weighted by atomic mass is 16.5. The quantitative estimate of drug-likeness (QED) is 0.123. The fraction of sp³-hybridized carbons (Fsp3) is 0.444. The SMILES string of the molecule is C=C(C)C(=O)OCCCCCCOc1ccc(N=Nc2ccc(CCCCC)cc2)cc1. The van der Waals surface area contributed by atoms with Gasteiger partial charge in [0.25, 0.3) is 0 Å². The smallest absolute Gasteiger partial charge is 0.333 e. The van der Waals surface area contributed by atoms with Crippen LogP contribution in [0.5, 0.6) is 5.75 Å². The monoisotopic (exact) mass is 436 g/mol. The molecule has 5 nitrogen and oxygen atoms in total. The van der Waals surface area contributed by atoms with Crippen LogP contribution in [-0.2, 0) is 16.0 Å². The molecular formula is C27H36N2O3. The summed E-state index contributed by atoms with van der Waals surface area (Å²) in [7, 11) is 0. The molecule has 0 aliphatic carbocycles. The Hall–Kier alpha value is -2.95. The Morgan fingerprint density at radius 1 is 0.812 bits per heavy atom. The van der Waals surface area contributed by atoms with Crippen LogP contribution in [0.15, 0.2) is 70.9 Å². The molecular weight excluding hydrogens is 400 g/mol. The van der Waals surface area contributed by atoms with E-state index in [0.717, 1.165) is 49.2 Å². The van der Waals surface area contributed by atoms with Crippen molar-refractivity contribution < 1.29 is 14.3 Å². The molecule has 2 rings (SSSR count). The third-order valence-electron chi connectivity index (χ3n) is 5.01. The summed E-state index contributed by atoms with van der Waals surface area (Å²) < 4.78 is 10.9. The molecule has 0 heterocycles.